The molecule has 3 N–H and O–H groups in total. The highest BCUT2D eigenvalue weighted by Crippen LogP contribution is 1.72. The van der Waals surface area contributed by atoms with E-state index in [-0.39, 0.29) is 4.89 Å². The van der Waals surface area contributed by atoms with Crippen LogP contribution in [0.1, 0.15) is 0 Å². The number of nitrogens with one attached hydrogen (secondary N) is 2. The molecule has 4 nitrogen and oxygen atoms in total. The lowest BCUT2D eigenvalue weighted by Gasteiger charge is -2.03. The van der Waals surface area contributed by atoms with Crippen molar-refractivity contribution >= 4 is 38.0 Å². The van der Waals surface area contributed by atoms with E-state index in [9.17, 15) is 0 Å². The molecule has 0 heterocycles. The van der Waals surface area contributed by atoms with Gasteiger partial charge in [-0.1, -0.05) is 12.2 Å². The molecule has 0 spiro atoms. The zero-order valence-electron chi connectivity index (χ0n) is 5.50. The highest BCUT2D eigenvalue weighted by atomic mass is 32.1. The van der Waals surface area contributed by atoms with E-state index >= 15 is 0 Å². The van der Waals surface area contributed by atoms with Gasteiger partial charge in [-0.2, -0.15) is 0 Å². The van der Waals surface area contributed by atoms with Gasteiger partial charge in [-0.3, -0.25) is 5.41 Å². The van der Waals surface area contributed by atoms with Gasteiger partial charge in [0.1, 0.15) is 6.40 Å². The molecule has 0 rings (SSSR count). The van der Waals surface area contributed by atoms with Crippen molar-refractivity contribution in [3.63, 3.8) is 0 Å². The quantitative estimate of drug-likeness (QED) is 0.216. The molecular formula is C3H7B2N2O2S. The first-order valence-corrected chi connectivity index (χ1v) is 3.04. The van der Waals surface area contributed by atoms with Crippen LogP contribution in [-0.2, 0) is 4.65 Å². The number of rotatable bonds is 4. The summed E-state index contributed by atoms with van der Waals surface area (Å²) in [7, 11) is 0.466. The average Bonchev–Trinajstić information content (AvgIpc) is 1.82. The Bertz CT molecular complexity index is 132. The van der Waals surface area contributed by atoms with Gasteiger partial charge < -0.3 is 14.9 Å². The SMILES string of the molecule is CB(O)NC(=S)[B]OC=N. The molecular weight excluding hydrogens is 150 g/mol. The van der Waals surface area contributed by atoms with Crippen LogP contribution >= 0.6 is 12.2 Å². The summed E-state index contributed by atoms with van der Waals surface area (Å²) in [4.78, 5) is 0.263. The molecule has 0 aliphatic rings. The van der Waals surface area contributed by atoms with E-state index in [1.54, 1.807) is 0 Å². The van der Waals surface area contributed by atoms with E-state index in [2.05, 4.69) is 22.1 Å². The first-order chi connectivity index (χ1) is 4.66. The number of hydrogen-bond donors (Lipinski definition) is 3. The minimum atomic E-state index is -0.696. The molecule has 0 aromatic heterocycles. The second-order valence-corrected chi connectivity index (χ2v) is 2.00. The van der Waals surface area contributed by atoms with Crippen molar-refractivity contribution in [2.24, 2.45) is 0 Å². The van der Waals surface area contributed by atoms with Crippen LogP contribution in [0.25, 0.3) is 0 Å². The summed E-state index contributed by atoms with van der Waals surface area (Å²) in [6.07, 6.45) is 0.746. The lowest BCUT2D eigenvalue weighted by Crippen LogP contribution is -2.38. The molecule has 0 saturated heterocycles. The third kappa shape index (κ3) is 5.58. The molecule has 0 unspecified atom stereocenters. The van der Waals surface area contributed by atoms with Crippen LogP contribution in [0.2, 0.25) is 6.82 Å². The average molecular weight is 157 g/mol. The van der Waals surface area contributed by atoms with Crippen LogP contribution in [0.15, 0.2) is 0 Å². The standard InChI is InChI=1S/C3H7B2N2O2S/c1-5(8)7-3(10)4-9-2-6/h2,6,8H,1H3,(H,7,10). The largest absolute Gasteiger partial charge is 0.548 e. The molecule has 0 aromatic carbocycles. The Kier molecular flexibility index (Phi) is 4.96. The summed E-state index contributed by atoms with van der Waals surface area (Å²) < 4.78 is 4.40. The minimum Gasteiger partial charge on any atom is -0.548 e. The molecule has 0 bridgehead atoms. The van der Waals surface area contributed by atoms with Gasteiger partial charge in [0.2, 0.25) is 0 Å². The van der Waals surface area contributed by atoms with Crippen molar-refractivity contribution in [2.45, 2.75) is 6.82 Å². The summed E-state index contributed by atoms with van der Waals surface area (Å²) in [5.74, 6) is 0. The second kappa shape index (κ2) is 5.25. The van der Waals surface area contributed by atoms with Crippen molar-refractivity contribution in [3.05, 3.63) is 0 Å². The zero-order chi connectivity index (χ0) is 7.98. The van der Waals surface area contributed by atoms with Crippen LogP contribution in [0, 0.1) is 5.41 Å². The third-order valence-corrected chi connectivity index (χ3v) is 0.808. The lowest BCUT2D eigenvalue weighted by atomic mass is 9.85. The Morgan fingerprint density at radius 2 is 2.60 bits per heavy atom. The molecule has 0 amide bonds. The third-order valence-electron chi connectivity index (χ3n) is 0.594. The van der Waals surface area contributed by atoms with Gasteiger partial charge in [0.05, 0.1) is 4.89 Å². The molecule has 0 aromatic rings. The Morgan fingerprint density at radius 1 is 2.00 bits per heavy atom. The van der Waals surface area contributed by atoms with Crippen LogP contribution in [0.4, 0.5) is 0 Å². The zero-order valence-corrected chi connectivity index (χ0v) is 6.31. The minimum absolute atomic E-state index is 0.263. The highest BCUT2D eigenvalue weighted by Gasteiger charge is 2.06. The molecule has 0 aliphatic carbocycles. The summed E-state index contributed by atoms with van der Waals surface area (Å²) in [5, 5.41) is 17.6. The number of thiocarbonyl (C=S) groups is 1. The van der Waals surface area contributed by atoms with Crippen LogP contribution in [0.3, 0.4) is 0 Å². The van der Waals surface area contributed by atoms with Crippen LogP contribution in [-0.4, -0.2) is 30.8 Å². The molecule has 0 aliphatic heterocycles. The molecule has 0 saturated carbocycles. The van der Waals surface area contributed by atoms with Crippen molar-refractivity contribution in [1.82, 2.24) is 5.23 Å². The predicted molar refractivity (Wildman–Crippen MR) is 45.2 cm³/mol. The summed E-state index contributed by atoms with van der Waals surface area (Å²) >= 11 is 4.64. The number of hydrogen-bond acceptors (Lipinski definition) is 4. The first kappa shape index (κ1) is 9.45. The summed E-state index contributed by atoms with van der Waals surface area (Å²) in [6, 6.07) is 0. The summed E-state index contributed by atoms with van der Waals surface area (Å²) in [6.45, 7) is 1.53. The van der Waals surface area contributed by atoms with Gasteiger partial charge in [0.15, 0.2) is 0 Å². The van der Waals surface area contributed by atoms with Gasteiger partial charge in [0.25, 0.3) is 0 Å². The molecule has 0 atom stereocenters. The van der Waals surface area contributed by atoms with E-state index in [4.69, 9.17) is 10.4 Å². The molecule has 1 radical (unpaired) electrons. The van der Waals surface area contributed by atoms with Crippen molar-refractivity contribution < 1.29 is 9.68 Å². The fraction of sp³-hybridized carbons (Fsp3) is 0.333. The van der Waals surface area contributed by atoms with Gasteiger partial charge in [-0.25, -0.2) is 0 Å². The maximum atomic E-state index is 8.69. The van der Waals surface area contributed by atoms with E-state index in [0.717, 1.165) is 13.9 Å². The summed E-state index contributed by atoms with van der Waals surface area (Å²) in [5.41, 5.74) is 0. The topological polar surface area (TPSA) is 65.3 Å². The van der Waals surface area contributed by atoms with Crippen LogP contribution in [0.5, 0.6) is 0 Å². The second-order valence-electron chi connectivity index (χ2n) is 1.56. The van der Waals surface area contributed by atoms with E-state index < -0.39 is 7.05 Å². The molecule has 10 heavy (non-hydrogen) atoms. The van der Waals surface area contributed by atoms with Gasteiger partial charge >= 0.3 is 14.5 Å². The van der Waals surface area contributed by atoms with Crippen molar-refractivity contribution in [2.75, 3.05) is 0 Å². The fourth-order valence-electron chi connectivity index (χ4n) is 0.336. The molecule has 0 fully saturated rings. The van der Waals surface area contributed by atoms with Gasteiger partial charge in [-0.15, -0.1) is 0 Å². The van der Waals surface area contributed by atoms with Crippen molar-refractivity contribution in [1.29, 1.82) is 5.41 Å². The Hall–Kier alpha value is -0.550. The Balaban J connectivity index is 3.34. The van der Waals surface area contributed by atoms with E-state index in [1.807, 2.05) is 0 Å². The van der Waals surface area contributed by atoms with Gasteiger partial charge in [-0.05, 0) is 6.82 Å². The molecule has 7 heteroatoms. The molecule has 53 valence electrons. The normalized spacial score (nSPS) is 7.80. The Morgan fingerprint density at radius 3 is 3.00 bits per heavy atom. The van der Waals surface area contributed by atoms with Gasteiger partial charge in [0, 0.05) is 0 Å². The maximum Gasteiger partial charge on any atom is 0.438 e. The van der Waals surface area contributed by atoms with E-state index in [1.165, 1.54) is 6.82 Å². The van der Waals surface area contributed by atoms with Crippen LogP contribution < -0.4 is 5.23 Å². The lowest BCUT2D eigenvalue weighted by molar-refractivity contribution is 0.572. The van der Waals surface area contributed by atoms with Crippen molar-refractivity contribution in [3.8, 4) is 0 Å². The predicted octanol–water partition coefficient (Wildman–Crippen LogP) is -0.786. The van der Waals surface area contributed by atoms with E-state index in [0.29, 0.717) is 0 Å². The Labute approximate surface area is 65.9 Å². The highest BCUT2D eigenvalue weighted by molar-refractivity contribution is 7.83. The smallest absolute Gasteiger partial charge is 0.438 e. The fourth-order valence-corrected chi connectivity index (χ4v) is 0.562. The maximum absolute atomic E-state index is 8.69. The monoisotopic (exact) mass is 157 g/mol. The first-order valence-electron chi connectivity index (χ1n) is 2.63.